The maximum atomic E-state index is 12.6. The van der Waals surface area contributed by atoms with Gasteiger partial charge in [-0.3, -0.25) is 9.36 Å². The number of nitrogens with zero attached hydrogens (tertiary/aromatic N) is 2. The van der Waals surface area contributed by atoms with Crippen LogP contribution in [0.25, 0.3) is 22.2 Å². The van der Waals surface area contributed by atoms with Crippen molar-refractivity contribution in [3.63, 3.8) is 0 Å². The molecular weight excluding hydrogens is 436 g/mol. The molecule has 3 aromatic rings. The van der Waals surface area contributed by atoms with Gasteiger partial charge in [0, 0.05) is 26.6 Å². The lowest BCUT2D eigenvalue weighted by Crippen LogP contribution is -2.46. The van der Waals surface area contributed by atoms with Gasteiger partial charge in [0.05, 0.1) is 18.2 Å². The van der Waals surface area contributed by atoms with Crippen LogP contribution in [-0.2, 0) is 23.0 Å². The van der Waals surface area contributed by atoms with E-state index in [0.29, 0.717) is 30.5 Å². The van der Waals surface area contributed by atoms with Crippen molar-refractivity contribution in [3.8, 4) is 17.2 Å². The van der Waals surface area contributed by atoms with E-state index in [-0.39, 0.29) is 19.1 Å². The molecule has 0 radical (unpaired) electrons. The number of nitrogens with one attached hydrogen (secondary N) is 2. The maximum Gasteiger partial charge on any atom is 0.419 e. The van der Waals surface area contributed by atoms with Gasteiger partial charge in [-0.05, 0) is 35.2 Å². The van der Waals surface area contributed by atoms with Crippen molar-refractivity contribution < 1.29 is 19.1 Å². The summed E-state index contributed by atoms with van der Waals surface area (Å²) in [4.78, 5) is 24.4. The van der Waals surface area contributed by atoms with E-state index in [0.717, 1.165) is 16.7 Å². The Hall–Kier alpha value is -3.45. The van der Waals surface area contributed by atoms with Crippen molar-refractivity contribution in [2.75, 3.05) is 19.7 Å². The largest absolute Gasteiger partial charge is 0.419 e. The number of amides is 1. The average Bonchev–Trinajstić information content (AvgIpc) is 3.00. The summed E-state index contributed by atoms with van der Waals surface area (Å²) in [7, 11) is 1.66. The topological polar surface area (TPSA) is 130 Å². The molecule has 2 aromatic carbocycles. The minimum absolute atomic E-state index is 0.0615. The first-order valence-electron chi connectivity index (χ1n) is 11.3. The third-order valence-corrected chi connectivity index (χ3v) is 6.28. The zero-order chi connectivity index (χ0) is 24.3. The van der Waals surface area contributed by atoms with Gasteiger partial charge in [-0.25, -0.2) is 4.79 Å². The molecule has 3 atom stereocenters. The quantitative estimate of drug-likeness (QED) is 0.504. The van der Waals surface area contributed by atoms with Gasteiger partial charge >= 0.3 is 5.76 Å². The van der Waals surface area contributed by atoms with Crippen LogP contribution in [-0.4, -0.2) is 53.0 Å². The van der Waals surface area contributed by atoms with E-state index in [1.165, 1.54) is 4.57 Å². The lowest BCUT2D eigenvalue weighted by molar-refractivity contribution is -0.135. The Kier molecular flexibility index (Phi) is 6.84. The van der Waals surface area contributed by atoms with Crippen LogP contribution in [0.2, 0.25) is 0 Å². The SMILES string of the molecule is CCC1(O)CNCC(C(=O)NC(C#N)Cc2ccc(-c3ccc4oc(=O)n(C)c4c3)cc2)OC1. The second-order valence-corrected chi connectivity index (χ2v) is 8.71. The van der Waals surface area contributed by atoms with Crippen molar-refractivity contribution in [2.45, 2.75) is 37.5 Å². The number of benzene rings is 2. The lowest BCUT2D eigenvalue weighted by Gasteiger charge is -2.24. The number of rotatable bonds is 6. The highest BCUT2D eigenvalue weighted by atomic mass is 16.5. The molecular formula is C25H28N4O5. The molecule has 1 saturated heterocycles. The number of carbonyl (C=O) groups excluding carboxylic acids is 1. The summed E-state index contributed by atoms with van der Waals surface area (Å²) in [5.74, 6) is -0.784. The Balaban J connectivity index is 1.40. The van der Waals surface area contributed by atoms with Gasteiger partial charge in [0.2, 0.25) is 0 Å². The summed E-state index contributed by atoms with van der Waals surface area (Å²) in [6.45, 7) is 2.55. The van der Waals surface area contributed by atoms with E-state index in [1.54, 1.807) is 13.1 Å². The molecule has 178 valence electrons. The first-order chi connectivity index (χ1) is 16.3. The van der Waals surface area contributed by atoms with E-state index in [9.17, 15) is 20.0 Å². The lowest BCUT2D eigenvalue weighted by atomic mass is 10.0. The number of aromatic nitrogens is 1. The fourth-order valence-electron chi connectivity index (χ4n) is 3.97. The number of nitriles is 1. The molecule has 1 aromatic heterocycles. The fraction of sp³-hybridized carbons (Fsp3) is 0.400. The third kappa shape index (κ3) is 5.04. The molecule has 1 aliphatic rings. The number of hydrogen-bond acceptors (Lipinski definition) is 7. The van der Waals surface area contributed by atoms with Gasteiger partial charge in [0.25, 0.3) is 5.91 Å². The standard InChI is InChI=1S/C25H28N4O5/c1-3-25(32)14-27-13-22(33-15-25)23(30)28-19(12-26)10-16-4-6-17(7-5-16)18-8-9-21-20(11-18)29(2)24(31)34-21/h4-9,11,19,22,27,32H,3,10,13-15H2,1-2H3,(H,28,30). The smallest absolute Gasteiger partial charge is 0.408 e. The van der Waals surface area contributed by atoms with Gasteiger partial charge in [0.1, 0.15) is 17.7 Å². The predicted molar refractivity (Wildman–Crippen MR) is 126 cm³/mol. The summed E-state index contributed by atoms with van der Waals surface area (Å²) in [5.41, 5.74) is 3.04. The van der Waals surface area contributed by atoms with Gasteiger partial charge in [-0.1, -0.05) is 37.3 Å². The van der Waals surface area contributed by atoms with E-state index in [1.807, 2.05) is 43.3 Å². The Labute approximate surface area is 196 Å². The zero-order valence-corrected chi connectivity index (χ0v) is 19.2. The Bertz CT molecular complexity index is 1270. The van der Waals surface area contributed by atoms with Crippen molar-refractivity contribution in [3.05, 3.63) is 58.6 Å². The van der Waals surface area contributed by atoms with Crippen molar-refractivity contribution >= 4 is 17.0 Å². The summed E-state index contributed by atoms with van der Waals surface area (Å²) >= 11 is 0. The second-order valence-electron chi connectivity index (χ2n) is 8.71. The van der Waals surface area contributed by atoms with Crippen LogP contribution >= 0.6 is 0 Å². The number of oxazole rings is 1. The molecule has 9 nitrogen and oxygen atoms in total. The van der Waals surface area contributed by atoms with Crippen LogP contribution < -0.4 is 16.4 Å². The third-order valence-electron chi connectivity index (χ3n) is 6.28. The van der Waals surface area contributed by atoms with Gasteiger partial charge < -0.3 is 24.9 Å². The molecule has 0 aliphatic carbocycles. The Morgan fingerprint density at radius 2 is 2.06 bits per heavy atom. The summed E-state index contributed by atoms with van der Waals surface area (Å²) in [5, 5.41) is 25.7. The van der Waals surface area contributed by atoms with Crippen molar-refractivity contribution in [1.82, 2.24) is 15.2 Å². The molecule has 34 heavy (non-hydrogen) atoms. The monoisotopic (exact) mass is 464 g/mol. The highest BCUT2D eigenvalue weighted by molar-refractivity contribution is 5.82. The van der Waals surface area contributed by atoms with Gasteiger partial charge in [-0.2, -0.15) is 5.26 Å². The van der Waals surface area contributed by atoms with Crippen LogP contribution in [0.3, 0.4) is 0 Å². The van der Waals surface area contributed by atoms with Gasteiger partial charge in [-0.15, -0.1) is 0 Å². The van der Waals surface area contributed by atoms with E-state index in [4.69, 9.17) is 9.15 Å². The number of carbonyl (C=O) groups is 1. The zero-order valence-electron chi connectivity index (χ0n) is 19.2. The minimum Gasteiger partial charge on any atom is -0.408 e. The minimum atomic E-state index is -0.998. The van der Waals surface area contributed by atoms with E-state index < -0.39 is 23.5 Å². The fourth-order valence-corrected chi connectivity index (χ4v) is 3.97. The molecule has 0 bridgehead atoms. The molecule has 1 fully saturated rings. The number of aliphatic hydroxyl groups is 1. The first-order valence-corrected chi connectivity index (χ1v) is 11.3. The molecule has 1 amide bonds. The number of aryl methyl sites for hydroxylation is 1. The molecule has 1 aliphatic heterocycles. The van der Waals surface area contributed by atoms with E-state index >= 15 is 0 Å². The van der Waals surface area contributed by atoms with Crippen LogP contribution in [0, 0.1) is 11.3 Å². The van der Waals surface area contributed by atoms with Crippen molar-refractivity contribution in [1.29, 1.82) is 5.26 Å². The average molecular weight is 465 g/mol. The molecule has 0 saturated carbocycles. The summed E-state index contributed by atoms with van der Waals surface area (Å²) < 4.78 is 12.3. The number of hydrogen-bond donors (Lipinski definition) is 3. The summed E-state index contributed by atoms with van der Waals surface area (Å²) in [6, 6.07) is 14.7. The number of β-amino-alcohol motifs (C(OH)–C–C–N with tert-alkyl or cyclic N) is 1. The predicted octanol–water partition coefficient (Wildman–Crippen LogP) is 1.48. The number of ether oxygens (including phenoxy) is 1. The molecule has 9 heteroatoms. The number of fused-ring (bicyclic) bond motifs is 1. The van der Waals surface area contributed by atoms with Crippen LogP contribution in [0.1, 0.15) is 18.9 Å². The summed E-state index contributed by atoms with van der Waals surface area (Å²) in [6.07, 6.45) is 0.0865. The van der Waals surface area contributed by atoms with Crippen LogP contribution in [0.4, 0.5) is 0 Å². The van der Waals surface area contributed by atoms with Crippen LogP contribution in [0.15, 0.2) is 51.7 Å². The molecule has 0 spiro atoms. The normalized spacial score (nSPS) is 21.5. The second kappa shape index (κ2) is 9.81. The Morgan fingerprint density at radius 3 is 2.76 bits per heavy atom. The molecule has 4 rings (SSSR count). The molecule has 3 N–H and O–H groups in total. The highest BCUT2D eigenvalue weighted by Gasteiger charge is 2.33. The first kappa shape index (κ1) is 23.7. The van der Waals surface area contributed by atoms with E-state index in [2.05, 4.69) is 16.7 Å². The Morgan fingerprint density at radius 1 is 1.32 bits per heavy atom. The van der Waals surface area contributed by atoms with Crippen LogP contribution in [0.5, 0.6) is 0 Å². The molecule has 3 unspecified atom stereocenters. The maximum absolute atomic E-state index is 12.6. The highest BCUT2D eigenvalue weighted by Crippen LogP contribution is 2.24. The van der Waals surface area contributed by atoms with Gasteiger partial charge in [0.15, 0.2) is 5.58 Å². The van der Waals surface area contributed by atoms with Crippen molar-refractivity contribution in [2.24, 2.45) is 7.05 Å². The molecule has 2 heterocycles.